The number of fused-ring (bicyclic) bond motifs is 5. The number of nitrogens with one attached hydrogen (secondary N) is 1. The molecule has 1 aliphatic heterocycles. The van der Waals surface area contributed by atoms with Crippen molar-refractivity contribution in [3.05, 3.63) is 35.9 Å². The number of alkyl halides is 3. The number of nitrogens with zero attached hydrogens (tertiary/aromatic N) is 2. The summed E-state index contributed by atoms with van der Waals surface area (Å²) in [5.74, 6) is -2.24. The molecule has 9 heteroatoms. The molecule has 4 unspecified atom stereocenters. The molecular weight excluding hydrogens is 387 g/mol. The van der Waals surface area contributed by atoms with Crippen molar-refractivity contribution in [3.63, 3.8) is 0 Å². The predicted molar refractivity (Wildman–Crippen MR) is 98.8 cm³/mol. The van der Waals surface area contributed by atoms with E-state index in [2.05, 4.69) is 5.32 Å². The number of halogens is 3. The van der Waals surface area contributed by atoms with Crippen LogP contribution in [0.2, 0.25) is 0 Å². The van der Waals surface area contributed by atoms with Gasteiger partial charge in [0.05, 0.1) is 28.8 Å². The normalized spacial score (nSPS) is 27.6. The first-order valence-electron chi connectivity index (χ1n) is 9.30. The molecule has 0 spiro atoms. The lowest BCUT2D eigenvalue weighted by Crippen LogP contribution is -2.39. The number of benzene rings is 1. The molecule has 4 rings (SSSR count). The minimum absolute atomic E-state index is 0.0262. The van der Waals surface area contributed by atoms with Gasteiger partial charge in [0.1, 0.15) is 6.54 Å². The van der Waals surface area contributed by atoms with Crippen molar-refractivity contribution in [3.8, 4) is 0 Å². The molecule has 1 saturated carbocycles. The van der Waals surface area contributed by atoms with Crippen LogP contribution in [0.25, 0.3) is 0 Å². The SMILES string of the molecule is CN(C)c1ccc(C(F)(F)F)cc1NC(=O)CN1C(=O)C2C3C=CC(C3)C2C1=O. The average Bonchev–Trinajstić information content (AvgIpc) is 3.31. The first-order valence-corrected chi connectivity index (χ1v) is 9.30. The molecule has 2 bridgehead atoms. The molecule has 0 aromatic heterocycles. The first-order chi connectivity index (χ1) is 13.6. The number of anilines is 2. The Morgan fingerprint density at radius 1 is 1.14 bits per heavy atom. The lowest BCUT2D eigenvalue weighted by Gasteiger charge is -2.21. The van der Waals surface area contributed by atoms with E-state index in [-0.39, 0.29) is 29.3 Å². The van der Waals surface area contributed by atoms with Gasteiger partial charge in [-0.05, 0) is 36.5 Å². The number of likely N-dealkylation sites (tertiary alicyclic amines) is 1. The third-order valence-corrected chi connectivity index (χ3v) is 5.94. The fourth-order valence-electron chi connectivity index (χ4n) is 4.66. The highest BCUT2D eigenvalue weighted by atomic mass is 19.4. The third kappa shape index (κ3) is 3.18. The van der Waals surface area contributed by atoms with E-state index < -0.39 is 36.0 Å². The van der Waals surface area contributed by atoms with E-state index in [0.717, 1.165) is 23.5 Å². The van der Waals surface area contributed by atoms with Gasteiger partial charge in [0.25, 0.3) is 0 Å². The summed E-state index contributed by atoms with van der Waals surface area (Å²) in [6.07, 6.45) is 0.122. The Hall–Kier alpha value is -2.84. The summed E-state index contributed by atoms with van der Waals surface area (Å²) in [7, 11) is 3.27. The average molecular weight is 407 g/mol. The van der Waals surface area contributed by atoms with Crippen LogP contribution in [0.15, 0.2) is 30.4 Å². The van der Waals surface area contributed by atoms with Gasteiger partial charge in [-0.1, -0.05) is 12.2 Å². The van der Waals surface area contributed by atoms with Crippen LogP contribution in [0.3, 0.4) is 0 Å². The molecule has 2 fully saturated rings. The van der Waals surface area contributed by atoms with Gasteiger partial charge in [0, 0.05) is 14.1 Å². The third-order valence-electron chi connectivity index (χ3n) is 5.94. The molecular formula is C20H20F3N3O3. The summed E-state index contributed by atoms with van der Waals surface area (Å²) in [6.45, 7) is -0.507. The Morgan fingerprint density at radius 2 is 1.72 bits per heavy atom. The molecule has 3 aliphatic rings. The minimum Gasteiger partial charge on any atom is -0.376 e. The summed E-state index contributed by atoms with van der Waals surface area (Å²) in [5, 5.41) is 2.43. The topological polar surface area (TPSA) is 69.7 Å². The van der Waals surface area contributed by atoms with E-state index >= 15 is 0 Å². The quantitative estimate of drug-likeness (QED) is 0.615. The number of carbonyl (C=O) groups excluding carboxylic acids is 3. The molecule has 2 aliphatic carbocycles. The number of carbonyl (C=O) groups is 3. The summed E-state index contributed by atoms with van der Waals surface area (Å²) in [4.78, 5) is 40.4. The van der Waals surface area contributed by atoms with E-state index in [1.807, 2.05) is 12.2 Å². The molecule has 4 atom stereocenters. The number of hydrogen-bond donors (Lipinski definition) is 1. The van der Waals surface area contributed by atoms with Crippen molar-refractivity contribution in [2.24, 2.45) is 23.7 Å². The van der Waals surface area contributed by atoms with Crippen LogP contribution in [0.5, 0.6) is 0 Å². The molecule has 1 saturated heterocycles. The molecule has 0 radical (unpaired) electrons. The van der Waals surface area contributed by atoms with Crippen LogP contribution < -0.4 is 10.2 Å². The van der Waals surface area contributed by atoms with Gasteiger partial charge in [-0.3, -0.25) is 19.3 Å². The molecule has 1 aromatic rings. The van der Waals surface area contributed by atoms with Crippen molar-refractivity contribution in [1.82, 2.24) is 4.90 Å². The van der Waals surface area contributed by atoms with Gasteiger partial charge in [0.2, 0.25) is 17.7 Å². The monoisotopic (exact) mass is 407 g/mol. The maximum absolute atomic E-state index is 13.0. The van der Waals surface area contributed by atoms with Crippen LogP contribution in [0.1, 0.15) is 12.0 Å². The molecule has 1 N–H and O–H groups in total. The summed E-state index contributed by atoms with van der Waals surface area (Å²) >= 11 is 0. The van der Waals surface area contributed by atoms with Gasteiger partial charge in [0.15, 0.2) is 0 Å². The van der Waals surface area contributed by atoms with Gasteiger partial charge < -0.3 is 10.2 Å². The fraction of sp³-hybridized carbons (Fsp3) is 0.450. The lowest BCUT2D eigenvalue weighted by atomic mass is 9.85. The molecule has 1 heterocycles. The number of rotatable bonds is 4. The number of amides is 3. The van der Waals surface area contributed by atoms with Crippen molar-refractivity contribution in [1.29, 1.82) is 0 Å². The molecule has 1 aromatic carbocycles. The van der Waals surface area contributed by atoms with Crippen molar-refractivity contribution in [2.45, 2.75) is 12.6 Å². The van der Waals surface area contributed by atoms with Gasteiger partial charge >= 0.3 is 6.18 Å². The summed E-state index contributed by atoms with van der Waals surface area (Å²) < 4.78 is 39.1. The van der Waals surface area contributed by atoms with Crippen molar-refractivity contribution < 1.29 is 27.6 Å². The Labute approximate surface area is 165 Å². The van der Waals surface area contributed by atoms with E-state index in [1.54, 1.807) is 19.0 Å². The minimum atomic E-state index is -4.56. The van der Waals surface area contributed by atoms with Gasteiger partial charge in [-0.25, -0.2) is 0 Å². The number of imide groups is 1. The van der Waals surface area contributed by atoms with E-state index in [0.29, 0.717) is 5.69 Å². The smallest absolute Gasteiger partial charge is 0.376 e. The molecule has 29 heavy (non-hydrogen) atoms. The highest BCUT2D eigenvalue weighted by molar-refractivity contribution is 6.10. The zero-order valence-corrected chi connectivity index (χ0v) is 15.9. The van der Waals surface area contributed by atoms with Gasteiger partial charge in [-0.15, -0.1) is 0 Å². The van der Waals surface area contributed by atoms with Crippen LogP contribution >= 0.6 is 0 Å². The van der Waals surface area contributed by atoms with Gasteiger partial charge in [-0.2, -0.15) is 13.2 Å². The van der Waals surface area contributed by atoms with Crippen LogP contribution in [-0.4, -0.2) is 43.3 Å². The first kappa shape index (κ1) is 19.5. The Bertz CT molecular complexity index is 895. The van der Waals surface area contributed by atoms with Crippen LogP contribution in [0.4, 0.5) is 24.5 Å². The maximum Gasteiger partial charge on any atom is 0.416 e. The standard InChI is InChI=1S/C20H20F3N3O3/c1-25(2)14-6-5-12(20(21,22)23)8-13(14)24-15(27)9-26-18(28)16-10-3-4-11(7-10)17(16)19(26)29/h3-6,8,10-11,16-17H,7,9H2,1-2H3,(H,24,27). The van der Waals surface area contributed by atoms with Crippen molar-refractivity contribution in [2.75, 3.05) is 30.9 Å². The van der Waals surface area contributed by atoms with Crippen LogP contribution in [0, 0.1) is 23.7 Å². The highest BCUT2D eigenvalue weighted by Gasteiger charge is 2.59. The highest BCUT2D eigenvalue weighted by Crippen LogP contribution is 2.52. The summed E-state index contributed by atoms with van der Waals surface area (Å²) in [6, 6.07) is 3.04. The Morgan fingerprint density at radius 3 is 2.24 bits per heavy atom. The van der Waals surface area contributed by atoms with E-state index in [9.17, 15) is 27.6 Å². The van der Waals surface area contributed by atoms with E-state index in [1.165, 1.54) is 6.07 Å². The predicted octanol–water partition coefficient (Wildman–Crippen LogP) is 2.52. The Balaban J connectivity index is 1.52. The second kappa shape index (κ2) is 6.60. The second-order valence-corrected chi connectivity index (χ2v) is 7.93. The second-order valence-electron chi connectivity index (χ2n) is 7.93. The zero-order chi connectivity index (χ0) is 21.1. The largest absolute Gasteiger partial charge is 0.416 e. The Kier molecular flexibility index (Phi) is 4.43. The van der Waals surface area contributed by atoms with Crippen molar-refractivity contribution >= 4 is 29.1 Å². The van der Waals surface area contributed by atoms with E-state index in [4.69, 9.17) is 0 Å². The maximum atomic E-state index is 13.0. The van der Waals surface area contributed by atoms with Crippen LogP contribution in [-0.2, 0) is 20.6 Å². The summed E-state index contributed by atoms with van der Waals surface area (Å²) in [5.41, 5.74) is -0.552. The number of allylic oxidation sites excluding steroid dienone is 2. The zero-order valence-electron chi connectivity index (χ0n) is 15.9. The molecule has 154 valence electrons. The molecule has 6 nitrogen and oxygen atoms in total. The fourth-order valence-corrected chi connectivity index (χ4v) is 4.66. The molecule has 3 amide bonds. The number of hydrogen-bond acceptors (Lipinski definition) is 4. The lowest BCUT2D eigenvalue weighted by molar-refractivity contribution is -0.143.